The fourth-order valence-corrected chi connectivity index (χ4v) is 6.58. The van der Waals surface area contributed by atoms with Gasteiger partial charge in [-0.05, 0) is 0 Å². The van der Waals surface area contributed by atoms with E-state index < -0.39 is 0 Å². The Balaban J connectivity index is 1.88. The van der Waals surface area contributed by atoms with Crippen molar-refractivity contribution >= 4 is 58.0 Å². The summed E-state index contributed by atoms with van der Waals surface area (Å²) in [5.74, 6) is 1.39. The molecule has 3 aromatic rings. The zero-order valence-electron chi connectivity index (χ0n) is 21.2. The Kier molecular flexibility index (Phi) is 10.3. The van der Waals surface area contributed by atoms with Crippen LogP contribution in [-0.2, 0) is 6.42 Å². The third kappa shape index (κ3) is 7.07. The maximum atomic E-state index is 6.30. The molecule has 1 radical (unpaired) electrons. The van der Waals surface area contributed by atoms with Crippen LogP contribution in [-0.4, -0.2) is 61.0 Å². The number of ether oxygens (including phenoxy) is 2. The van der Waals surface area contributed by atoms with Gasteiger partial charge in [0.2, 0.25) is 0 Å². The van der Waals surface area contributed by atoms with Crippen LogP contribution in [0.4, 0.5) is 5.69 Å². The van der Waals surface area contributed by atoms with Crippen molar-refractivity contribution in [2.45, 2.75) is 50.6 Å². The monoisotopic (exact) mass is 647 g/mol. The van der Waals surface area contributed by atoms with Gasteiger partial charge in [0.05, 0.1) is 0 Å². The average Bonchev–Trinajstić information content (AvgIpc) is 2.92. The summed E-state index contributed by atoms with van der Waals surface area (Å²) in [6.07, 6.45) is 6.71. The fourth-order valence-electron chi connectivity index (χ4n) is 4.86. The van der Waals surface area contributed by atoms with Crippen LogP contribution in [0.1, 0.15) is 49.3 Å². The minimum atomic E-state index is -0.256. The first-order valence-electron chi connectivity index (χ1n) is 12.6. The predicted octanol–water partition coefficient (Wildman–Crippen LogP) is 6.35. The normalized spacial score (nSPS) is 15.2. The molecule has 7 heteroatoms. The average molecular weight is 646 g/mol. The molecule has 1 fully saturated rings. The molecule has 0 saturated heterocycles. The number of benzene rings is 3. The number of hydrogen-bond acceptors (Lipinski definition) is 4. The van der Waals surface area contributed by atoms with Gasteiger partial charge in [-0.1, -0.05) is 0 Å². The van der Waals surface area contributed by atoms with E-state index in [1.54, 1.807) is 14.2 Å². The standard InChI is InChI=1S/C30H32ClN2O2Se2/c1-34-26-15-9-14-25(29(26)35-2)28(30(37)32-23-12-7-4-8-13-23)33(24-18-16-22(31)17-19-24)27(36)20-21-10-5-3-6-11-21/h3,5-6,9-11,14-19,23,28H,4,7-8,12-13,20H2,1-2H3. The summed E-state index contributed by atoms with van der Waals surface area (Å²) in [7, 11) is 3.36. The van der Waals surface area contributed by atoms with Gasteiger partial charge in [-0.3, -0.25) is 0 Å². The van der Waals surface area contributed by atoms with Gasteiger partial charge in [0.25, 0.3) is 0 Å². The molecule has 193 valence electrons. The molecule has 0 spiro atoms. The molecule has 1 saturated carbocycles. The quantitative estimate of drug-likeness (QED) is 0.191. The number of aliphatic imine (C=N–C) groups is 1. The Morgan fingerprint density at radius 1 is 0.946 bits per heavy atom. The fraction of sp³-hybridized carbons (Fsp3) is 0.333. The van der Waals surface area contributed by atoms with E-state index in [-0.39, 0.29) is 6.04 Å². The first-order valence-corrected chi connectivity index (χ1v) is 14.7. The molecule has 1 unspecified atom stereocenters. The number of para-hydroxylation sites is 1. The van der Waals surface area contributed by atoms with E-state index in [0.29, 0.717) is 22.6 Å². The van der Waals surface area contributed by atoms with Gasteiger partial charge in [0, 0.05) is 0 Å². The molecule has 0 bridgehead atoms. The number of methoxy groups -OCH3 is 2. The molecule has 0 N–H and O–H groups in total. The molecule has 4 nitrogen and oxygen atoms in total. The van der Waals surface area contributed by atoms with Crippen molar-refractivity contribution in [2.24, 2.45) is 4.99 Å². The molecule has 0 aliphatic heterocycles. The number of halogens is 1. The maximum absolute atomic E-state index is 6.30. The molecule has 1 aliphatic rings. The van der Waals surface area contributed by atoms with Crippen LogP contribution in [0.15, 0.2) is 77.8 Å². The minimum absolute atomic E-state index is 0.256. The Morgan fingerprint density at radius 2 is 1.65 bits per heavy atom. The number of anilines is 1. The third-order valence-corrected chi connectivity index (χ3v) is 8.33. The van der Waals surface area contributed by atoms with Gasteiger partial charge in [0.1, 0.15) is 0 Å². The van der Waals surface area contributed by atoms with Crippen molar-refractivity contribution in [1.82, 2.24) is 0 Å². The number of nitrogens with zero attached hydrogens (tertiary/aromatic N) is 2. The second-order valence-corrected chi connectivity index (χ2v) is 11.4. The van der Waals surface area contributed by atoms with Crippen molar-refractivity contribution in [3.63, 3.8) is 0 Å². The second-order valence-electron chi connectivity index (χ2n) is 9.15. The summed E-state index contributed by atoms with van der Waals surface area (Å²) in [5, 5.41) is 0.697. The zero-order valence-corrected chi connectivity index (χ0v) is 25.4. The first kappa shape index (κ1) is 28.0. The molecule has 1 atom stereocenters. The van der Waals surface area contributed by atoms with Gasteiger partial charge < -0.3 is 0 Å². The van der Waals surface area contributed by atoms with Gasteiger partial charge in [-0.2, -0.15) is 0 Å². The summed E-state index contributed by atoms with van der Waals surface area (Å²) in [5.41, 5.74) is 3.21. The predicted molar refractivity (Wildman–Crippen MR) is 157 cm³/mol. The van der Waals surface area contributed by atoms with E-state index in [1.807, 2.05) is 30.3 Å². The van der Waals surface area contributed by atoms with Crippen LogP contribution in [0.25, 0.3) is 0 Å². The Bertz CT molecular complexity index is 1210. The molecule has 0 amide bonds. The van der Waals surface area contributed by atoms with Crippen LogP contribution >= 0.6 is 11.6 Å². The van der Waals surface area contributed by atoms with Crippen molar-refractivity contribution in [3.05, 3.63) is 88.9 Å². The van der Waals surface area contributed by atoms with Crippen LogP contribution in [0.5, 0.6) is 11.5 Å². The zero-order chi connectivity index (χ0) is 26.2. The van der Waals surface area contributed by atoms with Gasteiger partial charge in [-0.25, -0.2) is 0 Å². The van der Waals surface area contributed by atoms with E-state index in [4.69, 9.17) is 26.1 Å². The van der Waals surface area contributed by atoms with E-state index in [0.717, 1.165) is 39.7 Å². The molecule has 3 aromatic carbocycles. The van der Waals surface area contributed by atoms with E-state index >= 15 is 0 Å². The Labute approximate surface area is 241 Å². The topological polar surface area (TPSA) is 34.1 Å². The summed E-state index contributed by atoms with van der Waals surface area (Å²) < 4.78 is 13.6. The summed E-state index contributed by atoms with van der Waals surface area (Å²) >= 11 is 13.0. The third-order valence-electron chi connectivity index (χ3n) is 6.68. The van der Waals surface area contributed by atoms with E-state index in [1.165, 1.54) is 24.8 Å². The van der Waals surface area contributed by atoms with E-state index in [2.05, 4.69) is 79.0 Å². The van der Waals surface area contributed by atoms with Gasteiger partial charge in [-0.15, -0.1) is 0 Å². The Hall–Kier alpha value is -2.07. The van der Waals surface area contributed by atoms with Crippen LogP contribution in [0.2, 0.25) is 5.02 Å². The summed E-state index contributed by atoms with van der Waals surface area (Å²) in [6.45, 7) is 0. The van der Waals surface area contributed by atoms with Crippen LogP contribution in [0.3, 0.4) is 0 Å². The van der Waals surface area contributed by atoms with Crippen LogP contribution in [0, 0.1) is 0 Å². The SMILES string of the molecule is COc1cccc(C(C([Se])=NC2CCCCC2)N(C(=[Se])Cc2ccccc2)c2ccc(Cl)cc2)c1OC. The number of rotatable bonds is 10. The van der Waals surface area contributed by atoms with Crippen LogP contribution < -0.4 is 14.4 Å². The molecule has 0 aromatic heterocycles. The van der Waals surface area contributed by atoms with Gasteiger partial charge in [0.15, 0.2) is 0 Å². The van der Waals surface area contributed by atoms with Gasteiger partial charge >= 0.3 is 243 Å². The molecule has 37 heavy (non-hydrogen) atoms. The summed E-state index contributed by atoms with van der Waals surface area (Å²) in [4.78, 5) is 7.57. The van der Waals surface area contributed by atoms with Crippen molar-refractivity contribution in [1.29, 1.82) is 0 Å². The second kappa shape index (κ2) is 13.6. The summed E-state index contributed by atoms with van der Waals surface area (Å²) in [6, 6.07) is 24.5. The molecular formula is C30H32ClN2O2Se2. The van der Waals surface area contributed by atoms with Crippen molar-refractivity contribution in [2.75, 3.05) is 19.1 Å². The number of hydrogen-bond donors (Lipinski definition) is 0. The first-order chi connectivity index (χ1) is 18.0. The molecule has 4 rings (SSSR count). The molecule has 1 aliphatic carbocycles. The Morgan fingerprint density at radius 3 is 2.30 bits per heavy atom. The molecular weight excluding hydrogens is 614 g/mol. The molecule has 0 heterocycles. The van der Waals surface area contributed by atoms with Crippen molar-refractivity contribution < 1.29 is 9.47 Å². The van der Waals surface area contributed by atoms with Crippen molar-refractivity contribution in [3.8, 4) is 11.5 Å². The van der Waals surface area contributed by atoms with E-state index in [9.17, 15) is 0 Å².